The van der Waals surface area contributed by atoms with Crippen LogP contribution in [0.15, 0.2) is 18.2 Å². The lowest BCUT2D eigenvalue weighted by atomic mass is 10.2. The van der Waals surface area contributed by atoms with E-state index in [0.717, 1.165) is 19.0 Å². The number of carbonyl (C=O) groups excluding carboxylic acids is 1. The van der Waals surface area contributed by atoms with E-state index in [2.05, 4.69) is 5.32 Å². The van der Waals surface area contributed by atoms with E-state index in [1.165, 1.54) is 12.1 Å². The molecule has 0 fully saturated rings. The third kappa shape index (κ3) is 4.85. The van der Waals surface area contributed by atoms with E-state index >= 15 is 0 Å². The first kappa shape index (κ1) is 15.9. The number of benzene rings is 1. The van der Waals surface area contributed by atoms with Crippen molar-refractivity contribution in [2.45, 2.75) is 26.3 Å². The molecule has 0 saturated carbocycles. The third-order valence-corrected chi connectivity index (χ3v) is 2.57. The van der Waals surface area contributed by atoms with Crippen LogP contribution in [0.25, 0.3) is 0 Å². The van der Waals surface area contributed by atoms with Crippen molar-refractivity contribution in [2.24, 2.45) is 5.73 Å². The standard InChI is InChI=1S/C13H19N3O4/c1-9(2)15-6-3-7-20-12-5-4-10(13(14)17)8-11(12)16(18)19/h4-5,8-9,15H,3,6-7H2,1-2H3,(H2,14,17). The van der Waals surface area contributed by atoms with Gasteiger partial charge in [0.1, 0.15) is 0 Å². The van der Waals surface area contributed by atoms with Crippen LogP contribution in [0.3, 0.4) is 0 Å². The van der Waals surface area contributed by atoms with Crippen LogP contribution < -0.4 is 15.8 Å². The summed E-state index contributed by atoms with van der Waals surface area (Å²) in [6, 6.07) is 4.33. The molecule has 1 amide bonds. The lowest BCUT2D eigenvalue weighted by Crippen LogP contribution is -2.24. The summed E-state index contributed by atoms with van der Waals surface area (Å²) in [4.78, 5) is 21.3. The fraction of sp³-hybridized carbons (Fsp3) is 0.462. The van der Waals surface area contributed by atoms with Gasteiger partial charge in [-0.3, -0.25) is 14.9 Å². The summed E-state index contributed by atoms with van der Waals surface area (Å²) < 4.78 is 5.38. The smallest absolute Gasteiger partial charge is 0.311 e. The van der Waals surface area contributed by atoms with E-state index in [1.54, 1.807) is 0 Å². The first-order valence-electron chi connectivity index (χ1n) is 6.36. The number of ether oxygens (including phenoxy) is 1. The number of hydrogen-bond donors (Lipinski definition) is 2. The molecule has 0 radical (unpaired) electrons. The van der Waals surface area contributed by atoms with Crippen molar-refractivity contribution in [3.63, 3.8) is 0 Å². The fourth-order valence-corrected chi connectivity index (χ4v) is 1.58. The zero-order chi connectivity index (χ0) is 15.1. The van der Waals surface area contributed by atoms with Crippen LogP contribution >= 0.6 is 0 Å². The molecule has 0 atom stereocenters. The molecule has 0 saturated heterocycles. The second-order valence-electron chi connectivity index (χ2n) is 4.61. The number of nitro groups is 1. The number of nitrogens with zero attached hydrogens (tertiary/aromatic N) is 1. The Morgan fingerprint density at radius 3 is 2.75 bits per heavy atom. The van der Waals surface area contributed by atoms with Crippen molar-refractivity contribution in [3.05, 3.63) is 33.9 Å². The quantitative estimate of drug-likeness (QED) is 0.426. The molecule has 7 nitrogen and oxygen atoms in total. The van der Waals surface area contributed by atoms with E-state index in [0.29, 0.717) is 12.6 Å². The average molecular weight is 281 g/mol. The molecule has 1 rings (SSSR count). The third-order valence-electron chi connectivity index (χ3n) is 2.57. The monoisotopic (exact) mass is 281 g/mol. The van der Waals surface area contributed by atoms with Gasteiger partial charge in [-0.25, -0.2) is 0 Å². The van der Waals surface area contributed by atoms with Gasteiger partial charge in [-0.05, 0) is 25.1 Å². The van der Waals surface area contributed by atoms with Gasteiger partial charge < -0.3 is 15.8 Å². The molecule has 7 heteroatoms. The molecule has 0 aliphatic carbocycles. The Bertz CT molecular complexity index is 489. The van der Waals surface area contributed by atoms with Gasteiger partial charge in [-0.2, -0.15) is 0 Å². The lowest BCUT2D eigenvalue weighted by molar-refractivity contribution is -0.385. The Balaban J connectivity index is 2.65. The lowest BCUT2D eigenvalue weighted by Gasteiger charge is -2.09. The van der Waals surface area contributed by atoms with Crippen LogP contribution in [-0.2, 0) is 0 Å². The molecule has 3 N–H and O–H groups in total. The Labute approximate surface area is 117 Å². The first-order chi connectivity index (χ1) is 9.41. The molecule has 1 aromatic carbocycles. The number of rotatable bonds is 8. The van der Waals surface area contributed by atoms with Crippen LogP contribution in [0.4, 0.5) is 5.69 Å². The number of nitrogens with two attached hydrogens (primary N) is 1. The van der Waals surface area contributed by atoms with Gasteiger partial charge >= 0.3 is 5.69 Å². The first-order valence-corrected chi connectivity index (χ1v) is 6.36. The number of hydrogen-bond acceptors (Lipinski definition) is 5. The van der Waals surface area contributed by atoms with Crippen molar-refractivity contribution in [3.8, 4) is 5.75 Å². The Morgan fingerprint density at radius 1 is 1.50 bits per heavy atom. The number of nitrogens with one attached hydrogen (secondary N) is 1. The van der Waals surface area contributed by atoms with Gasteiger partial charge in [0.05, 0.1) is 11.5 Å². The largest absolute Gasteiger partial charge is 0.487 e. The maximum atomic E-state index is 11.0. The molecule has 110 valence electrons. The summed E-state index contributed by atoms with van der Waals surface area (Å²) in [5.74, 6) is -0.565. The number of amides is 1. The second-order valence-corrected chi connectivity index (χ2v) is 4.61. The van der Waals surface area contributed by atoms with Crippen LogP contribution in [0.5, 0.6) is 5.75 Å². The van der Waals surface area contributed by atoms with Crippen LogP contribution in [0, 0.1) is 10.1 Å². The van der Waals surface area contributed by atoms with E-state index < -0.39 is 10.8 Å². The van der Waals surface area contributed by atoms with Crippen molar-refractivity contribution in [1.29, 1.82) is 0 Å². The van der Waals surface area contributed by atoms with Gasteiger partial charge in [-0.1, -0.05) is 13.8 Å². The Hall–Kier alpha value is -2.15. The number of nitro benzene ring substituents is 1. The highest BCUT2D eigenvalue weighted by Crippen LogP contribution is 2.27. The fourth-order valence-electron chi connectivity index (χ4n) is 1.58. The van der Waals surface area contributed by atoms with Gasteiger partial charge in [0, 0.05) is 17.7 Å². The molecule has 0 spiro atoms. The van der Waals surface area contributed by atoms with Crippen molar-refractivity contribution in [2.75, 3.05) is 13.2 Å². The SMILES string of the molecule is CC(C)NCCCOc1ccc(C(N)=O)cc1[N+](=O)[O-]. The summed E-state index contributed by atoms with van der Waals surface area (Å²) in [6.45, 7) is 5.20. The van der Waals surface area contributed by atoms with E-state index in [4.69, 9.17) is 10.5 Å². The highest BCUT2D eigenvalue weighted by molar-refractivity contribution is 5.93. The molecular weight excluding hydrogens is 262 g/mol. The Morgan fingerprint density at radius 2 is 2.20 bits per heavy atom. The molecule has 0 bridgehead atoms. The van der Waals surface area contributed by atoms with Gasteiger partial charge in [0.2, 0.25) is 5.91 Å². The van der Waals surface area contributed by atoms with Crippen molar-refractivity contribution < 1.29 is 14.5 Å². The second kappa shape index (κ2) is 7.44. The van der Waals surface area contributed by atoms with E-state index in [-0.39, 0.29) is 17.0 Å². The number of carbonyl (C=O) groups is 1. The van der Waals surface area contributed by atoms with Gasteiger partial charge in [-0.15, -0.1) is 0 Å². The highest BCUT2D eigenvalue weighted by atomic mass is 16.6. The topological polar surface area (TPSA) is 107 Å². The zero-order valence-corrected chi connectivity index (χ0v) is 11.6. The normalized spacial score (nSPS) is 10.6. The van der Waals surface area contributed by atoms with E-state index in [1.807, 2.05) is 13.8 Å². The number of primary amides is 1. The zero-order valence-electron chi connectivity index (χ0n) is 11.6. The van der Waals surface area contributed by atoms with Gasteiger partial charge in [0.25, 0.3) is 0 Å². The molecule has 1 aromatic rings. The summed E-state index contributed by atoms with van der Waals surface area (Å²) in [5, 5.41) is 14.2. The predicted molar refractivity (Wildman–Crippen MR) is 74.9 cm³/mol. The summed E-state index contributed by atoms with van der Waals surface area (Å²) in [6.07, 6.45) is 0.729. The molecular formula is C13H19N3O4. The van der Waals surface area contributed by atoms with Crippen LogP contribution in [0.1, 0.15) is 30.6 Å². The summed E-state index contributed by atoms with van der Waals surface area (Å²) in [5.41, 5.74) is 4.93. The van der Waals surface area contributed by atoms with Gasteiger partial charge in [0.15, 0.2) is 5.75 Å². The molecule has 0 aliphatic heterocycles. The molecule has 0 unspecified atom stereocenters. The maximum Gasteiger partial charge on any atom is 0.311 e. The molecule has 0 aliphatic rings. The minimum absolute atomic E-state index is 0.0884. The van der Waals surface area contributed by atoms with Crippen molar-refractivity contribution >= 4 is 11.6 Å². The predicted octanol–water partition coefficient (Wildman–Crippen LogP) is 1.46. The Kier molecular flexibility index (Phi) is 5.92. The highest BCUT2D eigenvalue weighted by Gasteiger charge is 2.17. The van der Waals surface area contributed by atoms with Crippen LogP contribution in [0.2, 0.25) is 0 Å². The molecule has 20 heavy (non-hydrogen) atoms. The van der Waals surface area contributed by atoms with Crippen LogP contribution in [-0.4, -0.2) is 30.0 Å². The minimum Gasteiger partial charge on any atom is -0.487 e. The summed E-state index contributed by atoms with van der Waals surface area (Å²) in [7, 11) is 0. The maximum absolute atomic E-state index is 11.0. The minimum atomic E-state index is -0.708. The summed E-state index contributed by atoms with van der Waals surface area (Å²) >= 11 is 0. The van der Waals surface area contributed by atoms with E-state index in [9.17, 15) is 14.9 Å². The van der Waals surface area contributed by atoms with Crippen molar-refractivity contribution in [1.82, 2.24) is 5.32 Å². The molecule has 0 aromatic heterocycles. The average Bonchev–Trinajstić information content (AvgIpc) is 2.37. The molecule has 0 heterocycles.